The topological polar surface area (TPSA) is 61.8 Å². The van der Waals surface area contributed by atoms with E-state index in [1.807, 2.05) is 31.2 Å². The van der Waals surface area contributed by atoms with Gasteiger partial charge in [0.25, 0.3) is 0 Å². The highest BCUT2D eigenvalue weighted by Crippen LogP contribution is 2.41. The highest BCUT2D eigenvalue weighted by Gasteiger charge is 2.34. The molecular formula is C29H42O5. The van der Waals surface area contributed by atoms with Crippen molar-refractivity contribution in [1.82, 2.24) is 0 Å². The maximum atomic E-state index is 12.7. The average Bonchev–Trinajstić information content (AvgIpc) is 2.85. The van der Waals surface area contributed by atoms with Crippen molar-refractivity contribution >= 4 is 11.9 Å². The van der Waals surface area contributed by atoms with Gasteiger partial charge < -0.3 is 14.2 Å². The summed E-state index contributed by atoms with van der Waals surface area (Å²) in [5, 5.41) is 0. The number of hydrogen-bond donors (Lipinski definition) is 0. The number of rotatable bonds is 11. The van der Waals surface area contributed by atoms with E-state index in [1.165, 1.54) is 25.3 Å². The fraction of sp³-hybridized carbons (Fsp3) is 0.655. The minimum absolute atomic E-state index is 0.0103. The molecule has 0 saturated heterocycles. The number of carbonyl (C=O) groups excluding carboxylic acids is 2. The van der Waals surface area contributed by atoms with Gasteiger partial charge in [-0.2, -0.15) is 0 Å². The minimum Gasteiger partial charge on any atom is -0.494 e. The first-order valence-corrected chi connectivity index (χ1v) is 13.4. The average molecular weight is 471 g/mol. The SMILES string of the molecule is C/C=C/C(=O)O[C@H]1CC[C@H]([C@H]2CC[C@H](C(=O)Oc3ccc(OCCCCCC)cc3)CC2)CC1. The summed E-state index contributed by atoms with van der Waals surface area (Å²) in [5.41, 5.74) is 0. The lowest BCUT2D eigenvalue weighted by molar-refractivity contribution is -0.145. The summed E-state index contributed by atoms with van der Waals surface area (Å²) in [4.78, 5) is 24.4. The number of ether oxygens (including phenoxy) is 3. The van der Waals surface area contributed by atoms with Crippen LogP contribution in [0, 0.1) is 17.8 Å². The number of unbranched alkanes of at least 4 members (excludes halogenated alkanes) is 3. The molecule has 0 amide bonds. The monoisotopic (exact) mass is 470 g/mol. The molecule has 1 aromatic rings. The zero-order valence-corrected chi connectivity index (χ0v) is 21.0. The number of allylic oxidation sites excluding steroid dienone is 1. The van der Waals surface area contributed by atoms with E-state index < -0.39 is 0 Å². The summed E-state index contributed by atoms with van der Waals surface area (Å²) < 4.78 is 17.0. The fourth-order valence-corrected chi connectivity index (χ4v) is 5.37. The van der Waals surface area contributed by atoms with Crippen LogP contribution in [0.1, 0.15) is 90.9 Å². The number of hydrogen-bond acceptors (Lipinski definition) is 5. The van der Waals surface area contributed by atoms with Gasteiger partial charge >= 0.3 is 11.9 Å². The second-order valence-electron chi connectivity index (χ2n) is 9.89. The van der Waals surface area contributed by atoms with Crippen LogP contribution in [0.15, 0.2) is 36.4 Å². The van der Waals surface area contributed by atoms with Gasteiger partial charge in [0.15, 0.2) is 0 Å². The molecule has 1 aromatic carbocycles. The van der Waals surface area contributed by atoms with E-state index in [4.69, 9.17) is 14.2 Å². The van der Waals surface area contributed by atoms with Crippen LogP contribution in [0.3, 0.4) is 0 Å². The van der Waals surface area contributed by atoms with Crippen molar-refractivity contribution in [1.29, 1.82) is 0 Å². The Balaban J connectivity index is 1.34. The lowest BCUT2D eigenvalue weighted by Gasteiger charge is -2.37. The Morgan fingerprint density at radius 3 is 2.09 bits per heavy atom. The first kappa shape index (κ1) is 26.3. The summed E-state index contributed by atoms with van der Waals surface area (Å²) in [6, 6.07) is 7.41. The van der Waals surface area contributed by atoms with Gasteiger partial charge in [0, 0.05) is 6.08 Å². The molecule has 0 unspecified atom stereocenters. The second-order valence-corrected chi connectivity index (χ2v) is 9.89. The molecule has 3 rings (SSSR count). The fourth-order valence-electron chi connectivity index (χ4n) is 5.37. The molecule has 0 atom stereocenters. The molecule has 5 nitrogen and oxygen atoms in total. The Bertz CT molecular complexity index is 768. The molecule has 5 heteroatoms. The van der Waals surface area contributed by atoms with E-state index in [1.54, 1.807) is 6.08 Å². The lowest BCUT2D eigenvalue weighted by atomic mass is 9.70. The van der Waals surface area contributed by atoms with Crippen molar-refractivity contribution in [3.63, 3.8) is 0 Å². The molecule has 0 spiro atoms. The molecule has 0 bridgehead atoms. The van der Waals surface area contributed by atoms with Gasteiger partial charge in [0.1, 0.15) is 17.6 Å². The number of benzene rings is 1. The Kier molecular flexibility index (Phi) is 11.0. The molecule has 0 radical (unpaired) electrons. The van der Waals surface area contributed by atoms with Crippen LogP contribution < -0.4 is 9.47 Å². The Hall–Kier alpha value is -2.30. The summed E-state index contributed by atoms with van der Waals surface area (Å²) in [6.45, 7) is 4.75. The predicted molar refractivity (Wildman–Crippen MR) is 134 cm³/mol. The smallest absolute Gasteiger partial charge is 0.330 e. The molecule has 0 aromatic heterocycles. The third-order valence-corrected chi connectivity index (χ3v) is 7.39. The van der Waals surface area contributed by atoms with E-state index in [-0.39, 0.29) is 24.0 Å². The standard InChI is InChI=1S/C29H42O5/c1-3-5-6-7-21-32-25-17-19-27(20-18-25)34-29(31)24-11-9-22(10-12-24)23-13-15-26(16-14-23)33-28(30)8-4-2/h4,8,17-20,22-24,26H,3,5-7,9-16,21H2,1-2H3/b8-4+/t22-,23-,24-,26-. The maximum absolute atomic E-state index is 12.7. The minimum atomic E-state index is -0.227. The molecule has 0 N–H and O–H groups in total. The predicted octanol–water partition coefficient (Wildman–Crippen LogP) is 7.04. The van der Waals surface area contributed by atoms with Crippen LogP contribution in [0.4, 0.5) is 0 Å². The molecule has 2 saturated carbocycles. The summed E-state index contributed by atoms with van der Waals surface area (Å²) >= 11 is 0. The zero-order valence-electron chi connectivity index (χ0n) is 21.0. The van der Waals surface area contributed by atoms with Gasteiger partial charge in [-0.05, 0) is 101 Å². The van der Waals surface area contributed by atoms with Crippen LogP contribution in [0.25, 0.3) is 0 Å². The first-order valence-electron chi connectivity index (χ1n) is 13.4. The first-order chi connectivity index (χ1) is 16.6. The summed E-state index contributed by atoms with van der Waals surface area (Å²) in [5.74, 6) is 2.43. The van der Waals surface area contributed by atoms with Crippen molar-refractivity contribution in [2.75, 3.05) is 6.61 Å². The van der Waals surface area contributed by atoms with Crippen LogP contribution >= 0.6 is 0 Å². The van der Waals surface area contributed by atoms with Gasteiger partial charge in [-0.1, -0.05) is 32.3 Å². The Morgan fingerprint density at radius 2 is 1.47 bits per heavy atom. The molecule has 34 heavy (non-hydrogen) atoms. The molecule has 2 aliphatic carbocycles. The molecular weight excluding hydrogens is 428 g/mol. The third-order valence-electron chi connectivity index (χ3n) is 7.39. The quantitative estimate of drug-likeness (QED) is 0.150. The van der Waals surface area contributed by atoms with Crippen LogP contribution in [0.2, 0.25) is 0 Å². The van der Waals surface area contributed by atoms with Gasteiger partial charge in [0.2, 0.25) is 0 Å². The Morgan fingerprint density at radius 1 is 0.853 bits per heavy atom. The van der Waals surface area contributed by atoms with Crippen molar-refractivity contribution in [3.05, 3.63) is 36.4 Å². The number of carbonyl (C=O) groups is 2. The van der Waals surface area contributed by atoms with Crippen molar-refractivity contribution < 1.29 is 23.8 Å². The van der Waals surface area contributed by atoms with E-state index in [0.717, 1.165) is 70.1 Å². The van der Waals surface area contributed by atoms with Crippen LogP contribution in [0.5, 0.6) is 11.5 Å². The van der Waals surface area contributed by atoms with E-state index in [2.05, 4.69) is 6.92 Å². The van der Waals surface area contributed by atoms with Crippen molar-refractivity contribution in [2.24, 2.45) is 17.8 Å². The molecule has 0 aliphatic heterocycles. The van der Waals surface area contributed by atoms with Gasteiger partial charge in [0.05, 0.1) is 12.5 Å². The molecule has 2 fully saturated rings. The van der Waals surface area contributed by atoms with E-state index in [9.17, 15) is 9.59 Å². The summed E-state index contributed by atoms with van der Waals surface area (Å²) in [6.07, 6.45) is 16.1. The number of esters is 2. The summed E-state index contributed by atoms with van der Waals surface area (Å²) in [7, 11) is 0. The highest BCUT2D eigenvalue weighted by molar-refractivity contribution is 5.81. The highest BCUT2D eigenvalue weighted by atomic mass is 16.5. The normalized spacial score (nSPS) is 25.1. The lowest BCUT2D eigenvalue weighted by Crippen LogP contribution is -2.31. The zero-order chi connectivity index (χ0) is 24.2. The van der Waals surface area contributed by atoms with Crippen molar-refractivity contribution in [2.45, 2.75) is 97.0 Å². The van der Waals surface area contributed by atoms with Gasteiger partial charge in [-0.25, -0.2) is 4.79 Å². The van der Waals surface area contributed by atoms with Crippen molar-refractivity contribution in [3.8, 4) is 11.5 Å². The van der Waals surface area contributed by atoms with Crippen LogP contribution in [-0.2, 0) is 14.3 Å². The van der Waals surface area contributed by atoms with Gasteiger partial charge in [-0.3, -0.25) is 4.79 Å². The van der Waals surface area contributed by atoms with Gasteiger partial charge in [-0.15, -0.1) is 0 Å². The third kappa shape index (κ3) is 8.48. The van der Waals surface area contributed by atoms with Crippen LogP contribution in [-0.4, -0.2) is 24.6 Å². The Labute approximate surface area is 205 Å². The maximum Gasteiger partial charge on any atom is 0.330 e. The molecule has 2 aliphatic rings. The van der Waals surface area contributed by atoms with E-state index in [0.29, 0.717) is 17.6 Å². The second kappa shape index (κ2) is 14.2. The molecule has 188 valence electrons. The molecule has 0 heterocycles. The van der Waals surface area contributed by atoms with E-state index >= 15 is 0 Å². The largest absolute Gasteiger partial charge is 0.494 e.